The van der Waals surface area contributed by atoms with Crippen LogP contribution in [0.2, 0.25) is 0 Å². The van der Waals surface area contributed by atoms with E-state index >= 15 is 0 Å². The van der Waals surface area contributed by atoms with E-state index in [2.05, 4.69) is 16.1 Å². The number of aromatic nitrogens is 4. The van der Waals surface area contributed by atoms with Crippen molar-refractivity contribution in [2.75, 3.05) is 0 Å². The minimum absolute atomic E-state index is 0.268. The average Bonchev–Trinajstić information content (AvgIpc) is 2.92. The van der Waals surface area contributed by atoms with Gasteiger partial charge in [-0.3, -0.25) is 4.68 Å². The van der Waals surface area contributed by atoms with E-state index in [4.69, 9.17) is 12.2 Å². The maximum atomic E-state index is 13.7. The number of hydrogen-bond acceptors (Lipinski definition) is 2. The molecule has 0 amide bonds. The summed E-state index contributed by atoms with van der Waals surface area (Å²) in [6.45, 7) is 5.60. The topological polar surface area (TPSA) is 38.5 Å². The van der Waals surface area contributed by atoms with E-state index < -0.39 is 0 Å². The highest BCUT2D eigenvalue weighted by Crippen LogP contribution is 2.17. The van der Waals surface area contributed by atoms with Crippen molar-refractivity contribution in [3.63, 3.8) is 0 Å². The first-order chi connectivity index (χ1) is 10.1. The van der Waals surface area contributed by atoms with Gasteiger partial charge in [0.2, 0.25) is 0 Å². The monoisotopic (exact) mass is 304 g/mol. The highest BCUT2D eigenvalue weighted by atomic mass is 32.1. The van der Waals surface area contributed by atoms with Gasteiger partial charge in [0.25, 0.3) is 0 Å². The lowest BCUT2D eigenvalue weighted by Crippen LogP contribution is -2.07. The Morgan fingerprint density at radius 2 is 2.10 bits per heavy atom. The second kappa shape index (κ2) is 5.44. The molecule has 4 nitrogen and oxygen atoms in total. The number of para-hydroxylation sites is 1. The molecule has 1 aromatic carbocycles. The summed E-state index contributed by atoms with van der Waals surface area (Å²) in [5.41, 5.74) is 3.47. The maximum absolute atomic E-state index is 13.7. The van der Waals surface area contributed by atoms with Gasteiger partial charge in [0.05, 0.1) is 11.2 Å². The summed E-state index contributed by atoms with van der Waals surface area (Å²) in [7, 11) is 0. The largest absolute Gasteiger partial charge is 0.328 e. The van der Waals surface area contributed by atoms with Crippen LogP contribution in [0.1, 0.15) is 17.8 Å². The summed E-state index contributed by atoms with van der Waals surface area (Å²) >= 11 is 5.29. The predicted octanol–water partition coefficient (Wildman–Crippen LogP) is 3.74. The molecule has 2 heterocycles. The number of imidazole rings is 1. The molecule has 21 heavy (non-hydrogen) atoms. The average molecular weight is 304 g/mol. The predicted molar refractivity (Wildman–Crippen MR) is 83.4 cm³/mol. The van der Waals surface area contributed by atoms with Gasteiger partial charge in [0, 0.05) is 18.8 Å². The first kappa shape index (κ1) is 14.0. The number of aryl methyl sites for hydroxylation is 4. The van der Waals surface area contributed by atoms with Gasteiger partial charge in [-0.2, -0.15) is 5.10 Å². The Bertz CT molecular complexity index is 843. The number of H-pyrrole nitrogens is 1. The van der Waals surface area contributed by atoms with Gasteiger partial charge >= 0.3 is 0 Å². The fourth-order valence-electron chi connectivity index (χ4n) is 2.65. The fraction of sp³-hybridized carbons (Fsp3) is 0.333. The number of rotatable bonds is 4. The van der Waals surface area contributed by atoms with Gasteiger partial charge in [0.15, 0.2) is 4.77 Å². The Hall–Kier alpha value is -1.95. The third-order valence-corrected chi connectivity index (χ3v) is 3.94. The summed E-state index contributed by atoms with van der Waals surface area (Å²) in [5, 5.41) is 4.44. The molecule has 0 radical (unpaired) electrons. The van der Waals surface area contributed by atoms with Gasteiger partial charge in [-0.25, -0.2) is 4.39 Å². The summed E-state index contributed by atoms with van der Waals surface area (Å²) < 4.78 is 18.2. The number of nitrogens with one attached hydrogen (secondary N) is 1. The van der Waals surface area contributed by atoms with E-state index in [1.165, 1.54) is 6.07 Å². The molecule has 3 rings (SSSR count). The summed E-state index contributed by atoms with van der Waals surface area (Å²) in [6, 6.07) is 7.09. The molecule has 6 heteroatoms. The molecular formula is C15H17FN4S. The standard InChI is InChI=1S/C15H17FN4S/c1-10-9-11(2)20(18-10)8-4-7-19-13-6-3-5-12(16)14(13)17-15(19)21/h3,5-6,9H,4,7-8H2,1-2H3,(H,17,21). The Labute approximate surface area is 127 Å². The lowest BCUT2D eigenvalue weighted by molar-refractivity contribution is 0.519. The lowest BCUT2D eigenvalue weighted by atomic mass is 10.3. The Kier molecular flexibility index (Phi) is 3.63. The van der Waals surface area contributed by atoms with Crippen LogP contribution in [0.3, 0.4) is 0 Å². The molecule has 0 fully saturated rings. The van der Waals surface area contributed by atoms with Crippen molar-refractivity contribution in [1.29, 1.82) is 0 Å². The van der Waals surface area contributed by atoms with Gasteiger partial charge < -0.3 is 9.55 Å². The van der Waals surface area contributed by atoms with Gasteiger partial charge in [-0.15, -0.1) is 0 Å². The van der Waals surface area contributed by atoms with Crippen LogP contribution in [0.4, 0.5) is 4.39 Å². The highest BCUT2D eigenvalue weighted by Gasteiger charge is 2.08. The molecule has 0 spiro atoms. The molecule has 2 aromatic heterocycles. The smallest absolute Gasteiger partial charge is 0.178 e. The maximum Gasteiger partial charge on any atom is 0.178 e. The normalized spacial score (nSPS) is 11.4. The Morgan fingerprint density at radius 1 is 1.29 bits per heavy atom. The summed E-state index contributed by atoms with van der Waals surface area (Å²) in [6.07, 6.45) is 0.889. The Morgan fingerprint density at radius 3 is 2.81 bits per heavy atom. The zero-order valence-corrected chi connectivity index (χ0v) is 12.9. The van der Waals surface area contributed by atoms with Gasteiger partial charge in [-0.05, 0) is 50.7 Å². The third-order valence-electron chi connectivity index (χ3n) is 3.61. The van der Waals surface area contributed by atoms with Crippen LogP contribution >= 0.6 is 12.2 Å². The van der Waals surface area contributed by atoms with Crippen LogP contribution in [0.5, 0.6) is 0 Å². The molecule has 0 bridgehead atoms. The first-order valence-electron chi connectivity index (χ1n) is 6.94. The molecular weight excluding hydrogens is 287 g/mol. The van der Waals surface area contributed by atoms with Crippen LogP contribution in [0.25, 0.3) is 11.0 Å². The first-order valence-corrected chi connectivity index (χ1v) is 7.35. The van der Waals surface area contributed by atoms with E-state index in [9.17, 15) is 4.39 Å². The van der Waals surface area contributed by atoms with E-state index in [-0.39, 0.29) is 5.82 Å². The van der Waals surface area contributed by atoms with Crippen molar-refractivity contribution in [2.24, 2.45) is 0 Å². The number of benzene rings is 1. The zero-order valence-electron chi connectivity index (χ0n) is 12.1. The molecule has 0 aliphatic rings. The second-order valence-electron chi connectivity index (χ2n) is 5.22. The van der Waals surface area contributed by atoms with Crippen molar-refractivity contribution in [3.05, 3.63) is 46.2 Å². The van der Waals surface area contributed by atoms with Gasteiger partial charge in [0.1, 0.15) is 11.3 Å². The summed E-state index contributed by atoms with van der Waals surface area (Å²) in [4.78, 5) is 2.94. The minimum Gasteiger partial charge on any atom is -0.328 e. The quantitative estimate of drug-likeness (QED) is 0.746. The van der Waals surface area contributed by atoms with Crippen LogP contribution in [-0.4, -0.2) is 19.3 Å². The molecule has 0 unspecified atom stereocenters. The van der Waals surface area contributed by atoms with Crippen molar-refractivity contribution in [3.8, 4) is 0 Å². The number of aromatic amines is 1. The lowest BCUT2D eigenvalue weighted by Gasteiger charge is -2.06. The number of hydrogen-bond donors (Lipinski definition) is 1. The molecule has 3 aromatic rings. The molecule has 0 aliphatic heterocycles. The van der Waals surface area contributed by atoms with E-state index in [0.29, 0.717) is 10.3 Å². The second-order valence-corrected chi connectivity index (χ2v) is 5.61. The third kappa shape index (κ3) is 2.63. The molecule has 0 saturated heterocycles. The van der Waals surface area contributed by atoms with Crippen LogP contribution in [0.15, 0.2) is 24.3 Å². The fourth-order valence-corrected chi connectivity index (χ4v) is 2.94. The van der Waals surface area contributed by atoms with Crippen molar-refractivity contribution in [1.82, 2.24) is 19.3 Å². The number of nitrogens with zero attached hydrogens (tertiary/aromatic N) is 3. The van der Waals surface area contributed by atoms with Crippen molar-refractivity contribution < 1.29 is 4.39 Å². The minimum atomic E-state index is -0.268. The Balaban J connectivity index is 1.80. The van der Waals surface area contributed by atoms with E-state index in [0.717, 1.165) is 36.4 Å². The van der Waals surface area contributed by atoms with Crippen molar-refractivity contribution in [2.45, 2.75) is 33.4 Å². The highest BCUT2D eigenvalue weighted by molar-refractivity contribution is 7.71. The molecule has 0 aliphatic carbocycles. The number of fused-ring (bicyclic) bond motifs is 1. The molecule has 1 N–H and O–H groups in total. The van der Waals surface area contributed by atoms with Crippen LogP contribution in [0, 0.1) is 24.4 Å². The SMILES string of the molecule is Cc1cc(C)n(CCCn2c(=S)[nH]c3c(F)cccc32)n1. The van der Waals surface area contributed by atoms with E-state index in [1.807, 2.05) is 29.2 Å². The number of halogens is 1. The summed E-state index contributed by atoms with van der Waals surface area (Å²) in [5.74, 6) is -0.268. The molecule has 0 saturated carbocycles. The molecule has 0 atom stereocenters. The van der Waals surface area contributed by atoms with Crippen LogP contribution < -0.4 is 0 Å². The zero-order chi connectivity index (χ0) is 15.0. The van der Waals surface area contributed by atoms with E-state index in [1.54, 1.807) is 6.07 Å². The molecule has 110 valence electrons. The van der Waals surface area contributed by atoms with Gasteiger partial charge in [-0.1, -0.05) is 6.07 Å². The van der Waals surface area contributed by atoms with Crippen molar-refractivity contribution >= 4 is 23.3 Å². The van der Waals surface area contributed by atoms with Crippen LogP contribution in [-0.2, 0) is 13.1 Å².